The van der Waals surface area contributed by atoms with Gasteiger partial charge >= 0.3 is 0 Å². The van der Waals surface area contributed by atoms with Crippen molar-refractivity contribution in [1.29, 1.82) is 0 Å². The van der Waals surface area contributed by atoms with Gasteiger partial charge in [0.1, 0.15) is 6.61 Å². The summed E-state index contributed by atoms with van der Waals surface area (Å²) in [6, 6.07) is 18.3. The SMILES string of the molecule is COc1cc(C=NNc2cccc(Cl)c2)ccc1OCc1ccc(Cl)c(Cl)c1. The molecule has 144 valence electrons. The minimum absolute atomic E-state index is 0.344. The molecule has 28 heavy (non-hydrogen) atoms. The zero-order valence-corrected chi connectivity index (χ0v) is 17.2. The van der Waals surface area contributed by atoms with Crippen LogP contribution in [-0.2, 0) is 6.61 Å². The van der Waals surface area contributed by atoms with E-state index in [4.69, 9.17) is 44.3 Å². The van der Waals surface area contributed by atoms with E-state index in [0.29, 0.717) is 33.2 Å². The highest BCUT2D eigenvalue weighted by molar-refractivity contribution is 6.42. The quantitative estimate of drug-likeness (QED) is 0.332. The average molecular weight is 436 g/mol. The second kappa shape index (κ2) is 9.69. The van der Waals surface area contributed by atoms with Crippen molar-refractivity contribution >= 4 is 46.7 Å². The van der Waals surface area contributed by atoms with Crippen LogP contribution in [0.15, 0.2) is 65.8 Å². The summed E-state index contributed by atoms with van der Waals surface area (Å²) in [4.78, 5) is 0. The van der Waals surface area contributed by atoms with Crippen molar-refractivity contribution in [2.45, 2.75) is 6.61 Å². The molecule has 0 aliphatic heterocycles. The number of nitrogens with zero attached hydrogens (tertiary/aromatic N) is 1. The predicted molar refractivity (Wildman–Crippen MR) is 116 cm³/mol. The highest BCUT2D eigenvalue weighted by atomic mass is 35.5. The first-order valence-electron chi connectivity index (χ1n) is 8.34. The second-order valence-corrected chi connectivity index (χ2v) is 7.08. The Morgan fingerprint density at radius 1 is 0.929 bits per heavy atom. The van der Waals surface area contributed by atoms with E-state index < -0.39 is 0 Å². The van der Waals surface area contributed by atoms with Crippen LogP contribution in [0.25, 0.3) is 0 Å². The Morgan fingerprint density at radius 2 is 1.79 bits per heavy atom. The van der Waals surface area contributed by atoms with Crippen LogP contribution in [0, 0.1) is 0 Å². The average Bonchev–Trinajstić information content (AvgIpc) is 2.69. The van der Waals surface area contributed by atoms with E-state index in [1.165, 1.54) is 0 Å². The first-order chi connectivity index (χ1) is 13.5. The van der Waals surface area contributed by atoms with E-state index in [0.717, 1.165) is 16.8 Å². The molecular weight excluding hydrogens is 419 g/mol. The predicted octanol–water partition coefficient (Wildman–Crippen LogP) is 6.68. The largest absolute Gasteiger partial charge is 0.493 e. The summed E-state index contributed by atoms with van der Waals surface area (Å²) in [5.74, 6) is 1.22. The molecule has 4 nitrogen and oxygen atoms in total. The van der Waals surface area contributed by atoms with Gasteiger partial charge in [-0.2, -0.15) is 5.10 Å². The number of halogens is 3. The van der Waals surface area contributed by atoms with Gasteiger partial charge < -0.3 is 9.47 Å². The van der Waals surface area contributed by atoms with Gasteiger partial charge in [0, 0.05) is 5.02 Å². The third-order valence-corrected chi connectivity index (χ3v) is 4.77. The highest BCUT2D eigenvalue weighted by Crippen LogP contribution is 2.29. The Labute approximate surface area is 178 Å². The Hall–Kier alpha value is -2.40. The molecule has 0 fully saturated rings. The molecule has 0 aliphatic carbocycles. The van der Waals surface area contributed by atoms with E-state index in [1.54, 1.807) is 37.6 Å². The smallest absolute Gasteiger partial charge is 0.161 e. The van der Waals surface area contributed by atoms with Crippen molar-refractivity contribution in [3.05, 3.63) is 86.9 Å². The van der Waals surface area contributed by atoms with E-state index in [9.17, 15) is 0 Å². The van der Waals surface area contributed by atoms with Crippen molar-refractivity contribution in [3.63, 3.8) is 0 Å². The maximum Gasteiger partial charge on any atom is 0.161 e. The van der Waals surface area contributed by atoms with Gasteiger partial charge in [-0.15, -0.1) is 0 Å². The summed E-state index contributed by atoms with van der Waals surface area (Å²) in [6.45, 7) is 0.344. The third kappa shape index (κ3) is 5.55. The number of methoxy groups -OCH3 is 1. The number of benzene rings is 3. The lowest BCUT2D eigenvalue weighted by molar-refractivity contribution is 0.284. The number of hydrazone groups is 1. The number of rotatable bonds is 7. The van der Waals surface area contributed by atoms with Gasteiger partial charge in [-0.3, -0.25) is 5.43 Å². The molecule has 0 unspecified atom stereocenters. The van der Waals surface area contributed by atoms with Gasteiger partial charge in [0.15, 0.2) is 11.5 Å². The summed E-state index contributed by atoms with van der Waals surface area (Å²) in [5.41, 5.74) is 5.50. The molecule has 3 aromatic carbocycles. The maximum atomic E-state index is 6.04. The topological polar surface area (TPSA) is 42.8 Å². The molecule has 0 radical (unpaired) electrons. The van der Waals surface area contributed by atoms with E-state index in [1.807, 2.05) is 36.4 Å². The second-order valence-electron chi connectivity index (χ2n) is 5.83. The number of nitrogens with one attached hydrogen (secondary N) is 1. The molecule has 3 rings (SSSR count). The van der Waals surface area contributed by atoms with Gasteiger partial charge in [-0.05, 0) is 59.7 Å². The lowest BCUT2D eigenvalue weighted by Crippen LogP contribution is -1.99. The molecule has 0 bridgehead atoms. The van der Waals surface area contributed by atoms with E-state index in [2.05, 4.69) is 10.5 Å². The van der Waals surface area contributed by atoms with Crippen molar-refractivity contribution in [3.8, 4) is 11.5 Å². The molecule has 0 aliphatic rings. The number of hydrogen-bond donors (Lipinski definition) is 1. The zero-order valence-electron chi connectivity index (χ0n) is 15.0. The van der Waals surface area contributed by atoms with Gasteiger partial charge in [0.2, 0.25) is 0 Å². The summed E-state index contributed by atoms with van der Waals surface area (Å²) < 4.78 is 11.3. The molecule has 1 N–H and O–H groups in total. The van der Waals surface area contributed by atoms with Crippen molar-refractivity contribution in [2.75, 3.05) is 12.5 Å². The van der Waals surface area contributed by atoms with Crippen LogP contribution in [0.4, 0.5) is 5.69 Å². The molecular formula is C21H17Cl3N2O2. The molecule has 0 saturated carbocycles. The van der Waals surface area contributed by atoms with Crippen LogP contribution in [0.2, 0.25) is 15.1 Å². The Bertz CT molecular complexity index is 993. The molecule has 0 saturated heterocycles. The van der Waals surface area contributed by atoms with Crippen LogP contribution in [-0.4, -0.2) is 13.3 Å². The Kier molecular flexibility index (Phi) is 7.04. The van der Waals surface area contributed by atoms with Crippen LogP contribution in [0.3, 0.4) is 0 Å². The molecule has 7 heteroatoms. The standard InChI is InChI=1S/C21H17Cl3N2O2/c1-27-21-10-14(12-25-26-17-4-2-3-16(22)11-17)6-8-20(21)28-13-15-5-7-18(23)19(24)9-15/h2-12,26H,13H2,1H3. The molecule has 0 spiro atoms. The fraction of sp³-hybridized carbons (Fsp3) is 0.0952. The number of hydrogen-bond acceptors (Lipinski definition) is 4. The van der Waals surface area contributed by atoms with Gasteiger partial charge in [0.05, 0.1) is 29.1 Å². The van der Waals surface area contributed by atoms with Crippen molar-refractivity contribution in [2.24, 2.45) is 5.10 Å². The number of ether oxygens (including phenoxy) is 2. The number of anilines is 1. The lowest BCUT2D eigenvalue weighted by Gasteiger charge is -2.12. The lowest BCUT2D eigenvalue weighted by atomic mass is 10.2. The van der Waals surface area contributed by atoms with Gasteiger partial charge in [0.25, 0.3) is 0 Å². The van der Waals surface area contributed by atoms with Crippen molar-refractivity contribution < 1.29 is 9.47 Å². The summed E-state index contributed by atoms with van der Waals surface area (Å²) in [6.07, 6.45) is 1.69. The molecule has 3 aromatic rings. The van der Waals surface area contributed by atoms with Crippen LogP contribution in [0.1, 0.15) is 11.1 Å². The summed E-state index contributed by atoms with van der Waals surface area (Å²) in [5, 5.41) is 5.86. The first-order valence-corrected chi connectivity index (χ1v) is 9.48. The Morgan fingerprint density at radius 3 is 2.54 bits per heavy atom. The minimum atomic E-state index is 0.344. The van der Waals surface area contributed by atoms with Gasteiger partial charge in [-0.1, -0.05) is 46.9 Å². The molecule has 0 atom stereocenters. The van der Waals surface area contributed by atoms with E-state index >= 15 is 0 Å². The summed E-state index contributed by atoms with van der Waals surface area (Å²) in [7, 11) is 1.59. The van der Waals surface area contributed by atoms with Crippen LogP contribution < -0.4 is 14.9 Å². The van der Waals surface area contributed by atoms with E-state index in [-0.39, 0.29) is 0 Å². The summed E-state index contributed by atoms with van der Waals surface area (Å²) >= 11 is 17.9. The highest BCUT2D eigenvalue weighted by Gasteiger charge is 2.07. The minimum Gasteiger partial charge on any atom is -0.493 e. The monoisotopic (exact) mass is 434 g/mol. The fourth-order valence-corrected chi connectivity index (χ4v) is 2.92. The first kappa shape index (κ1) is 20.3. The maximum absolute atomic E-state index is 6.04. The van der Waals surface area contributed by atoms with Crippen LogP contribution >= 0.6 is 34.8 Å². The molecule has 0 heterocycles. The third-order valence-electron chi connectivity index (χ3n) is 3.80. The molecule has 0 amide bonds. The normalized spacial score (nSPS) is 10.9. The molecule has 0 aromatic heterocycles. The van der Waals surface area contributed by atoms with Gasteiger partial charge in [-0.25, -0.2) is 0 Å². The zero-order chi connectivity index (χ0) is 19.9. The van der Waals surface area contributed by atoms with Crippen molar-refractivity contribution in [1.82, 2.24) is 0 Å². The Balaban J connectivity index is 1.65. The fourth-order valence-electron chi connectivity index (χ4n) is 2.41. The van der Waals surface area contributed by atoms with Crippen LogP contribution in [0.5, 0.6) is 11.5 Å².